The van der Waals surface area contributed by atoms with Crippen molar-refractivity contribution >= 4 is 12.1 Å². The summed E-state index contributed by atoms with van der Waals surface area (Å²) in [7, 11) is 1.61. The van der Waals surface area contributed by atoms with Crippen LogP contribution >= 0.6 is 0 Å². The standard InChI is InChI=1S/C8H15N3O2/c1-8(7(9)12)3-4-10-11(8)5-6-13-2/h4H,3,5-6H2,1-2H3,(H2,9,12). The number of hydrazone groups is 1. The van der Waals surface area contributed by atoms with Crippen molar-refractivity contribution in [2.75, 3.05) is 20.3 Å². The van der Waals surface area contributed by atoms with Gasteiger partial charge >= 0.3 is 0 Å². The van der Waals surface area contributed by atoms with Crippen molar-refractivity contribution in [2.45, 2.75) is 18.9 Å². The summed E-state index contributed by atoms with van der Waals surface area (Å²) in [5.41, 5.74) is 4.62. The van der Waals surface area contributed by atoms with E-state index in [4.69, 9.17) is 10.5 Å². The van der Waals surface area contributed by atoms with E-state index in [2.05, 4.69) is 5.10 Å². The second-order valence-corrected chi connectivity index (χ2v) is 3.26. The first kappa shape index (κ1) is 9.98. The van der Waals surface area contributed by atoms with E-state index in [-0.39, 0.29) is 5.91 Å². The Morgan fingerprint density at radius 1 is 1.85 bits per heavy atom. The van der Waals surface area contributed by atoms with Gasteiger partial charge in [0.15, 0.2) is 0 Å². The Balaban J connectivity index is 2.61. The summed E-state index contributed by atoms with van der Waals surface area (Å²) in [6.07, 6.45) is 2.28. The largest absolute Gasteiger partial charge is 0.383 e. The van der Waals surface area contributed by atoms with Gasteiger partial charge in [0.25, 0.3) is 0 Å². The van der Waals surface area contributed by atoms with E-state index in [9.17, 15) is 4.79 Å². The summed E-state index contributed by atoms with van der Waals surface area (Å²) in [6, 6.07) is 0. The van der Waals surface area contributed by atoms with Crippen LogP contribution in [0, 0.1) is 0 Å². The predicted molar refractivity (Wildman–Crippen MR) is 49.3 cm³/mol. The Bertz CT molecular complexity index is 229. The SMILES string of the molecule is COCCN1N=CCC1(C)C(N)=O. The molecule has 0 radical (unpaired) electrons. The lowest BCUT2D eigenvalue weighted by Gasteiger charge is -2.30. The highest BCUT2D eigenvalue weighted by Gasteiger charge is 2.39. The van der Waals surface area contributed by atoms with Gasteiger partial charge in [-0.15, -0.1) is 0 Å². The molecule has 1 aliphatic heterocycles. The monoisotopic (exact) mass is 185 g/mol. The van der Waals surface area contributed by atoms with Gasteiger partial charge in [-0.25, -0.2) is 0 Å². The van der Waals surface area contributed by atoms with Crippen LogP contribution in [0.25, 0.3) is 0 Å². The summed E-state index contributed by atoms with van der Waals surface area (Å²) < 4.78 is 4.91. The molecule has 1 unspecified atom stereocenters. The molecule has 13 heavy (non-hydrogen) atoms. The number of carbonyl (C=O) groups is 1. The number of primary amides is 1. The lowest BCUT2D eigenvalue weighted by Crippen LogP contribution is -2.51. The molecule has 1 rings (SSSR count). The predicted octanol–water partition coefficient (Wildman–Crippen LogP) is -0.432. The van der Waals surface area contributed by atoms with E-state index in [1.807, 2.05) is 0 Å². The third-order valence-electron chi connectivity index (χ3n) is 2.32. The van der Waals surface area contributed by atoms with Gasteiger partial charge in [0.2, 0.25) is 5.91 Å². The third kappa shape index (κ3) is 1.80. The van der Waals surface area contributed by atoms with Gasteiger partial charge in [0, 0.05) is 19.7 Å². The third-order valence-corrected chi connectivity index (χ3v) is 2.32. The molecule has 5 nitrogen and oxygen atoms in total. The molecule has 0 fully saturated rings. The molecular weight excluding hydrogens is 170 g/mol. The number of rotatable bonds is 4. The van der Waals surface area contributed by atoms with Crippen molar-refractivity contribution in [1.29, 1.82) is 0 Å². The van der Waals surface area contributed by atoms with E-state index in [0.29, 0.717) is 19.6 Å². The van der Waals surface area contributed by atoms with E-state index in [1.165, 1.54) is 0 Å². The normalized spacial score (nSPS) is 26.8. The zero-order valence-electron chi connectivity index (χ0n) is 7.99. The fourth-order valence-electron chi connectivity index (χ4n) is 1.26. The Hall–Kier alpha value is -1.10. The highest BCUT2D eigenvalue weighted by molar-refractivity contribution is 5.88. The van der Waals surface area contributed by atoms with Crippen LogP contribution in [0.5, 0.6) is 0 Å². The van der Waals surface area contributed by atoms with Gasteiger partial charge in [0.1, 0.15) is 5.54 Å². The first-order chi connectivity index (χ1) is 6.11. The summed E-state index contributed by atoms with van der Waals surface area (Å²) in [4.78, 5) is 11.2. The number of ether oxygens (including phenoxy) is 1. The fraction of sp³-hybridized carbons (Fsp3) is 0.750. The van der Waals surface area contributed by atoms with E-state index in [0.717, 1.165) is 0 Å². The van der Waals surface area contributed by atoms with Crippen LogP contribution < -0.4 is 5.73 Å². The summed E-state index contributed by atoms with van der Waals surface area (Å²) in [5, 5.41) is 5.75. The van der Waals surface area contributed by atoms with Gasteiger partial charge in [0.05, 0.1) is 13.2 Å². The van der Waals surface area contributed by atoms with Crippen LogP contribution in [-0.2, 0) is 9.53 Å². The van der Waals surface area contributed by atoms with Crippen molar-refractivity contribution in [3.8, 4) is 0 Å². The van der Waals surface area contributed by atoms with E-state index < -0.39 is 5.54 Å². The lowest BCUT2D eigenvalue weighted by atomic mass is 9.98. The first-order valence-electron chi connectivity index (χ1n) is 4.20. The zero-order chi connectivity index (χ0) is 9.90. The Morgan fingerprint density at radius 2 is 2.54 bits per heavy atom. The summed E-state index contributed by atoms with van der Waals surface area (Å²) in [5.74, 6) is -0.346. The molecule has 0 bridgehead atoms. The van der Waals surface area contributed by atoms with Gasteiger partial charge in [-0.3, -0.25) is 9.80 Å². The van der Waals surface area contributed by atoms with Crippen LogP contribution in [-0.4, -0.2) is 42.9 Å². The average Bonchev–Trinajstić information content (AvgIpc) is 2.45. The Kier molecular flexibility index (Phi) is 2.87. The molecule has 1 heterocycles. The highest BCUT2D eigenvalue weighted by Crippen LogP contribution is 2.23. The first-order valence-corrected chi connectivity index (χ1v) is 4.20. The molecule has 0 aromatic heterocycles. The molecule has 5 heteroatoms. The van der Waals surface area contributed by atoms with Crippen molar-refractivity contribution in [3.05, 3.63) is 0 Å². The molecule has 0 aliphatic carbocycles. The molecule has 0 aromatic rings. The Morgan fingerprint density at radius 3 is 3.08 bits per heavy atom. The summed E-state index contributed by atoms with van der Waals surface area (Å²) in [6.45, 7) is 2.92. The molecular formula is C8H15N3O2. The molecule has 1 atom stereocenters. The number of amides is 1. The molecule has 1 aliphatic rings. The molecule has 1 amide bonds. The molecule has 0 saturated carbocycles. The molecule has 0 aromatic carbocycles. The highest BCUT2D eigenvalue weighted by atomic mass is 16.5. The number of nitrogens with zero attached hydrogens (tertiary/aromatic N) is 2. The minimum atomic E-state index is -0.668. The summed E-state index contributed by atoms with van der Waals surface area (Å²) >= 11 is 0. The topological polar surface area (TPSA) is 67.9 Å². The quantitative estimate of drug-likeness (QED) is 0.646. The van der Waals surface area contributed by atoms with Crippen molar-refractivity contribution < 1.29 is 9.53 Å². The van der Waals surface area contributed by atoms with Crippen LogP contribution in [0.1, 0.15) is 13.3 Å². The van der Waals surface area contributed by atoms with Gasteiger partial charge in [-0.2, -0.15) is 5.10 Å². The number of carbonyl (C=O) groups excluding carboxylic acids is 1. The maximum Gasteiger partial charge on any atom is 0.245 e. The van der Waals surface area contributed by atoms with Crippen molar-refractivity contribution in [1.82, 2.24) is 5.01 Å². The minimum absolute atomic E-state index is 0.346. The number of methoxy groups -OCH3 is 1. The average molecular weight is 185 g/mol. The number of hydrogen-bond donors (Lipinski definition) is 1. The molecule has 74 valence electrons. The number of hydrogen-bond acceptors (Lipinski definition) is 4. The molecule has 0 spiro atoms. The zero-order valence-corrected chi connectivity index (χ0v) is 7.99. The van der Waals surface area contributed by atoms with Crippen molar-refractivity contribution in [3.63, 3.8) is 0 Å². The van der Waals surface area contributed by atoms with Crippen LogP contribution in [0.3, 0.4) is 0 Å². The second kappa shape index (κ2) is 3.74. The van der Waals surface area contributed by atoms with Crippen LogP contribution in [0.15, 0.2) is 5.10 Å². The molecule has 2 N–H and O–H groups in total. The van der Waals surface area contributed by atoms with E-state index >= 15 is 0 Å². The van der Waals surface area contributed by atoms with Gasteiger partial charge in [-0.05, 0) is 6.92 Å². The maximum absolute atomic E-state index is 11.2. The number of nitrogens with two attached hydrogens (primary N) is 1. The van der Waals surface area contributed by atoms with Crippen LogP contribution in [0.2, 0.25) is 0 Å². The van der Waals surface area contributed by atoms with Gasteiger partial charge in [-0.1, -0.05) is 0 Å². The minimum Gasteiger partial charge on any atom is -0.383 e. The Labute approximate surface area is 77.5 Å². The molecule has 0 saturated heterocycles. The van der Waals surface area contributed by atoms with Gasteiger partial charge < -0.3 is 10.5 Å². The van der Waals surface area contributed by atoms with Crippen LogP contribution in [0.4, 0.5) is 0 Å². The second-order valence-electron chi connectivity index (χ2n) is 3.26. The fourth-order valence-corrected chi connectivity index (χ4v) is 1.26. The maximum atomic E-state index is 11.2. The van der Waals surface area contributed by atoms with E-state index in [1.54, 1.807) is 25.3 Å². The van der Waals surface area contributed by atoms with Crippen molar-refractivity contribution in [2.24, 2.45) is 10.8 Å². The smallest absolute Gasteiger partial charge is 0.245 e. The lowest BCUT2D eigenvalue weighted by molar-refractivity contribution is -0.128.